The van der Waals surface area contributed by atoms with Crippen molar-refractivity contribution in [2.24, 2.45) is 5.10 Å². The van der Waals surface area contributed by atoms with E-state index in [9.17, 15) is 4.79 Å². The molecular weight excluding hydrogens is 456 g/mol. The van der Waals surface area contributed by atoms with Crippen LogP contribution in [0.2, 0.25) is 4.34 Å². The molecule has 3 heterocycles. The van der Waals surface area contributed by atoms with Crippen LogP contribution in [0.25, 0.3) is 17.1 Å². The minimum Gasteiger partial charge on any atom is -0.494 e. The number of ether oxygens (including phenoxy) is 1. The van der Waals surface area contributed by atoms with E-state index >= 15 is 0 Å². The Morgan fingerprint density at radius 1 is 1.28 bits per heavy atom. The number of benzene rings is 1. The van der Waals surface area contributed by atoms with E-state index in [1.807, 2.05) is 13.0 Å². The highest BCUT2D eigenvalue weighted by molar-refractivity contribution is 7.18. The molecule has 1 aromatic carbocycles. The van der Waals surface area contributed by atoms with Gasteiger partial charge in [0.15, 0.2) is 5.69 Å². The van der Waals surface area contributed by atoms with Crippen LogP contribution < -0.4 is 15.9 Å². The van der Waals surface area contributed by atoms with Crippen molar-refractivity contribution in [3.8, 4) is 22.8 Å². The third kappa shape index (κ3) is 4.31. The zero-order chi connectivity index (χ0) is 22.7. The summed E-state index contributed by atoms with van der Waals surface area (Å²) in [7, 11) is 0. The van der Waals surface area contributed by atoms with Crippen LogP contribution in [0.3, 0.4) is 0 Å². The Labute approximate surface area is 190 Å². The molecular formula is C19H17ClN8O3S. The first kappa shape index (κ1) is 21.5. The lowest BCUT2D eigenvalue weighted by atomic mass is 10.1. The minimum absolute atomic E-state index is 0.00233. The number of amides is 1. The van der Waals surface area contributed by atoms with E-state index in [4.69, 9.17) is 22.1 Å². The Hall–Kier alpha value is -3.77. The number of nitrogens with one attached hydrogen (secondary N) is 1. The average molecular weight is 473 g/mol. The maximum atomic E-state index is 12.9. The number of rotatable bonds is 7. The third-order valence-corrected chi connectivity index (χ3v) is 5.62. The van der Waals surface area contributed by atoms with Crippen LogP contribution in [0.15, 0.2) is 46.1 Å². The van der Waals surface area contributed by atoms with Crippen LogP contribution in [0.4, 0.5) is 5.82 Å². The van der Waals surface area contributed by atoms with Gasteiger partial charge in [0.2, 0.25) is 11.6 Å². The highest BCUT2D eigenvalue weighted by Gasteiger charge is 2.25. The van der Waals surface area contributed by atoms with Gasteiger partial charge in [-0.25, -0.2) is 10.1 Å². The molecule has 3 N–H and O–H groups in total. The van der Waals surface area contributed by atoms with E-state index in [1.165, 1.54) is 16.0 Å². The maximum absolute atomic E-state index is 12.9. The third-order valence-electron chi connectivity index (χ3n) is 4.28. The predicted octanol–water partition coefficient (Wildman–Crippen LogP) is 3.17. The van der Waals surface area contributed by atoms with Crippen LogP contribution in [0, 0.1) is 0 Å². The highest BCUT2D eigenvalue weighted by atomic mass is 35.5. The maximum Gasteiger partial charge on any atom is 0.294 e. The second kappa shape index (κ2) is 9.16. The van der Waals surface area contributed by atoms with Gasteiger partial charge in [-0.15, -0.1) is 16.4 Å². The molecule has 13 heteroatoms. The number of anilines is 1. The van der Waals surface area contributed by atoms with Gasteiger partial charge in [0.25, 0.3) is 5.91 Å². The molecule has 4 rings (SSSR count). The molecule has 1 amide bonds. The molecule has 0 aliphatic carbocycles. The molecule has 32 heavy (non-hydrogen) atoms. The summed E-state index contributed by atoms with van der Waals surface area (Å²) in [6.07, 6.45) is 0. The smallest absolute Gasteiger partial charge is 0.294 e. The first-order chi connectivity index (χ1) is 15.5. The van der Waals surface area contributed by atoms with Gasteiger partial charge in [-0.05, 0) is 60.6 Å². The molecule has 4 aromatic rings. The van der Waals surface area contributed by atoms with Gasteiger partial charge in [-0.2, -0.15) is 9.78 Å². The Balaban J connectivity index is 1.71. The summed E-state index contributed by atoms with van der Waals surface area (Å²) >= 11 is 7.32. The molecule has 0 saturated carbocycles. The summed E-state index contributed by atoms with van der Waals surface area (Å²) in [5, 5.41) is 19.5. The van der Waals surface area contributed by atoms with Gasteiger partial charge in [0, 0.05) is 5.56 Å². The Morgan fingerprint density at radius 2 is 2.06 bits per heavy atom. The Bertz CT molecular complexity index is 1280. The number of halogens is 1. The number of aromatic nitrogens is 5. The molecule has 0 bridgehead atoms. The first-order valence-corrected chi connectivity index (χ1v) is 10.5. The van der Waals surface area contributed by atoms with Gasteiger partial charge in [0.05, 0.1) is 21.5 Å². The molecule has 0 unspecified atom stereocenters. The lowest BCUT2D eigenvalue weighted by Gasteiger charge is -2.08. The quantitative estimate of drug-likeness (QED) is 0.308. The number of carbonyl (C=O) groups is 1. The number of nitrogen functional groups attached to an aromatic ring is 1. The number of nitrogens with two attached hydrogens (primary N) is 1. The van der Waals surface area contributed by atoms with Gasteiger partial charge < -0.3 is 10.5 Å². The van der Waals surface area contributed by atoms with Crippen molar-refractivity contribution in [3.05, 3.63) is 51.3 Å². The zero-order valence-corrected chi connectivity index (χ0v) is 18.5. The second-order valence-corrected chi connectivity index (χ2v) is 8.09. The SMILES string of the molecule is CCOc1ccc(-c2c(C(=O)NN=C(C)c3ccc(Cl)s3)nnn2-c2nonc2N)cc1. The van der Waals surface area contributed by atoms with Crippen molar-refractivity contribution < 1.29 is 14.2 Å². The van der Waals surface area contributed by atoms with E-state index in [-0.39, 0.29) is 17.3 Å². The number of hydrogen-bond donors (Lipinski definition) is 2. The molecule has 0 aliphatic heterocycles. The lowest BCUT2D eigenvalue weighted by Crippen LogP contribution is -2.20. The van der Waals surface area contributed by atoms with Crippen molar-refractivity contribution in [2.45, 2.75) is 13.8 Å². The Morgan fingerprint density at radius 3 is 2.69 bits per heavy atom. The summed E-state index contributed by atoms with van der Waals surface area (Å²) in [6.45, 7) is 4.18. The van der Waals surface area contributed by atoms with Crippen LogP contribution in [-0.4, -0.2) is 43.5 Å². The molecule has 11 nitrogen and oxygen atoms in total. The van der Waals surface area contributed by atoms with Gasteiger partial charge in [-0.3, -0.25) is 4.79 Å². The van der Waals surface area contributed by atoms with Crippen molar-refractivity contribution in [1.82, 2.24) is 30.7 Å². The van der Waals surface area contributed by atoms with Crippen molar-refractivity contribution in [2.75, 3.05) is 12.3 Å². The number of thiophene rings is 1. The number of nitrogens with zero attached hydrogens (tertiary/aromatic N) is 6. The van der Waals surface area contributed by atoms with Crippen LogP contribution in [0.1, 0.15) is 29.2 Å². The van der Waals surface area contributed by atoms with Crippen LogP contribution in [0.5, 0.6) is 5.75 Å². The monoisotopic (exact) mass is 472 g/mol. The van der Waals surface area contributed by atoms with Gasteiger partial charge in [-0.1, -0.05) is 16.8 Å². The first-order valence-electron chi connectivity index (χ1n) is 9.35. The van der Waals surface area contributed by atoms with Crippen LogP contribution in [-0.2, 0) is 0 Å². The summed E-state index contributed by atoms with van der Waals surface area (Å²) in [5.74, 6) is 0.210. The van der Waals surface area contributed by atoms with Gasteiger partial charge >= 0.3 is 0 Å². The number of carbonyl (C=O) groups excluding carboxylic acids is 1. The van der Waals surface area contributed by atoms with Crippen LogP contribution >= 0.6 is 22.9 Å². The molecule has 164 valence electrons. The zero-order valence-electron chi connectivity index (χ0n) is 16.9. The fraction of sp³-hybridized carbons (Fsp3) is 0.158. The van der Waals surface area contributed by atoms with Crippen molar-refractivity contribution >= 4 is 40.4 Å². The summed E-state index contributed by atoms with van der Waals surface area (Å²) in [4.78, 5) is 13.8. The molecule has 0 atom stereocenters. The standard InChI is InChI=1S/C19H17ClN8O3S/c1-3-30-12-6-4-11(5-7-12)16-15(23-27-28(16)18-17(21)25-31-26-18)19(29)24-22-10(2)13-8-9-14(20)32-13/h4-9H,3H2,1-2H3,(H2,21,25)(H,24,29). The number of hydrogen-bond acceptors (Lipinski definition) is 10. The molecule has 0 radical (unpaired) electrons. The lowest BCUT2D eigenvalue weighted by molar-refractivity contribution is 0.0950. The largest absolute Gasteiger partial charge is 0.494 e. The molecule has 0 saturated heterocycles. The fourth-order valence-corrected chi connectivity index (χ4v) is 3.79. The normalized spacial score (nSPS) is 11.5. The molecule has 3 aromatic heterocycles. The summed E-state index contributed by atoms with van der Waals surface area (Å²) in [5.41, 5.74) is 9.89. The topological polar surface area (TPSA) is 146 Å². The molecule has 0 aliphatic rings. The molecule has 0 spiro atoms. The average Bonchev–Trinajstić information content (AvgIpc) is 3.52. The predicted molar refractivity (Wildman–Crippen MR) is 119 cm³/mol. The molecule has 0 fully saturated rings. The van der Waals surface area contributed by atoms with Crippen molar-refractivity contribution in [3.63, 3.8) is 0 Å². The fourth-order valence-electron chi connectivity index (χ4n) is 2.81. The van der Waals surface area contributed by atoms with E-state index in [2.05, 4.69) is 35.8 Å². The van der Waals surface area contributed by atoms with Crippen molar-refractivity contribution in [1.29, 1.82) is 0 Å². The van der Waals surface area contributed by atoms with E-state index < -0.39 is 5.91 Å². The van der Waals surface area contributed by atoms with E-state index in [1.54, 1.807) is 37.3 Å². The summed E-state index contributed by atoms with van der Waals surface area (Å²) < 4.78 is 12.1. The number of hydrazone groups is 1. The second-order valence-electron chi connectivity index (χ2n) is 6.37. The summed E-state index contributed by atoms with van der Waals surface area (Å²) in [6, 6.07) is 10.6. The van der Waals surface area contributed by atoms with E-state index in [0.717, 1.165) is 4.88 Å². The minimum atomic E-state index is -0.572. The van der Waals surface area contributed by atoms with E-state index in [0.29, 0.717) is 33.7 Å². The Kier molecular flexibility index (Phi) is 6.14. The highest BCUT2D eigenvalue weighted by Crippen LogP contribution is 2.28. The van der Waals surface area contributed by atoms with Gasteiger partial charge in [0.1, 0.15) is 11.4 Å².